The predicted molar refractivity (Wildman–Crippen MR) is 195 cm³/mol. The van der Waals surface area contributed by atoms with Crippen LogP contribution >= 0.6 is 0 Å². The van der Waals surface area contributed by atoms with E-state index in [9.17, 15) is 24.0 Å². The van der Waals surface area contributed by atoms with Crippen molar-refractivity contribution in [3.63, 3.8) is 0 Å². The lowest BCUT2D eigenvalue weighted by atomic mass is 9.69. The molecule has 0 saturated heterocycles. The highest BCUT2D eigenvalue weighted by Crippen LogP contribution is 2.45. The smallest absolute Gasteiger partial charge is 0.333 e. The van der Waals surface area contributed by atoms with Crippen molar-refractivity contribution < 1.29 is 57.9 Å². The maximum Gasteiger partial charge on any atom is 0.333 e. The third-order valence-corrected chi connectivity index (χ3v) is 9.17. The zero-order valence-electron chi connectivity index (χ0n) is 31.1. The molecule has 1 aliphatic rings. The van der Waals surface area contributed by atoms with Crippen LogP contribution in [-0.2, 0) is 48.3 Å². The molecule has 1 fully saturated rings. The Morgan fingerprint density at radius 3 is 1.81 bits per heavy atom. The van der Waals surface area contributed by atoms with Gasteiger partial charge in [-0.05, 0) is 80.2 Å². The second kappa shape index (κ2) is 20.3. The average Bonchev–Trinajstić information content (AvgIpc) is 3.09. The van der Waals surface area contributed by atoms with E-state index >= 15 is 0 Å². The van der Waals surface area contributed by atoms with Crippen molar-refractivity contribution in [2.45, 2.75) is 96.2 Å². The number of carbonyl (C=O) groups excluding carboxylic acids is 3. The van der Waals surface area contributed by atoms with Crippen LogP contribution in [0.25, 0.3) is 0 Å². The maximum absolute atomic E-state index is 12.1. The molecule has 288 valence electrons. The van der Waals surface area contributed by atoms with E-state index in [0.29, 0.717) is 29.6 Å². The minimum atomic E-state index is -1.13. The summed E-state index contributed by atoms with van der Waals surface area (Å²) in [6, 6.07) is 16.2. The normalized spacial score (nSPS) is 16.3. The molecule has 2 N–H and O–H groups in total. The van der Waals surface area contributed by atoms with Crippen LogP contribution in [0.5, 0.6) is 5.75 Å². The molecule has 12 heteroatoms. The summed E-state index contributed by atoms with van der Waals surface area (Å²) in [4.78, 5) is 57.7. The molecule has 12 nitrogen and oxygen atoms in total. The van der Waals surface area contributed by atoms with Crippen LogP contribution in [-0.4, -0.2) is 78.7 Å². The lowest BCUT2D eigenvalue weighted by molar-refractivity contribution is -0.160. The molecule has 1 saturated carbocycles. The van der Waals surface area contributed by atoms with Crippen molar-refractivity contribution in [2.24, 2.45) is 5.92 Å². The van der Waals surface area contributed by atoms with Gasteiger partial charge < -0.3 is 33.9 Å². The van der Waals surface area contributed by atoms with Gasteiger partial charge in [0.15, 0.2) is 6.10 Å². The van der Waals surface area contributed by atoms with Gasteiger partial charge in [-0.2, -0.15) is 0 Å². The van der Waals surface area contributed by atoms with Crippen molar-refractivity contribution in [2.75, 3.05) is 26.4 Å². The third-order valence-electron chi connectivity index (χ3n) is 9.17. The zero-order chi connectivity index (χ0) is 39.1. The van der Waals surface area contributed by atoms with E-state index < -0.39 is 36.0 Å². The fraction of sp³-hybridized carbons (Fsp3) is 0.488. The number of carbonyl (C=O) groups is 5. The molecule has 0 aliphatic heterocycles. The van der Waals surface area contributed by atoms with Gasteiger partial charge >= 0.3 is 29.8 Å². The molecule has 3 rings (SSSR count). The minimum Gasteiger partial charge on any atom is -0.490 e. The Balaban J connectivity index is 1.55. The maximum atomic E-state index is 12.1. The summed E-state index contributed by atoms with van der Waals surface area (Å²) in [5.74, 6) is -2.53. The van der Waals surface area contributed by atoms with Crippen LogP contribution in [0, 0.1) is 5.92 Å². The van der Waals surface area contributed by atoms with E-state index in [1.807, 2.05) is 24.3 Å². The topological polar surface area (TPSA) is 172 Å². The number of aliphatic carboxylic acids is 2. The lowest BCUT2D eigenvalue weighted by Crippen LogP contribution is -2.31. The number of esters is 3. The molecule has 2 atom stereocenters. The van der Waals surface area contributed by atoms with Gasteiger partial charge in [-0.15, -0.1) is 0 Å². The largest absolute Gasteiger partial charge is 0.490 e. The summed E-state index contributed by atoms with van der Waals surface area (Å²) >= 11 is 0. The molecular weight excluding hydrogens is 684 g/mol. The first kappa shape index (κ1) is 42.4. The van der Waals surface area contributed by atoms with Crippen LogP contribution < -0.4 is 4.74 Å². The van der Waals surface area contributed by atoms with Gasteiger partial charge in [-0.3, -0.25) is 14.4 Å². The second-order valence-corrected chi connectivity index (χ2v) is 14.1. The standard InChI is InChI=1S/C41H52O12/c1-26(2)39(47)51-23-34(49-19-7-8-36(42)43)22-28-20-30(21-28)29-9-11-31(12-10-29)41(5,6)32-13-15-33(16-14-32)50-24-35(25-52-40(48)27(3)4)53-38(46)18-17-37(44)45/h9-16,28,30,34-35H,1,3,7-8,17-25H2,2,4-6H3,(H,42,43)(H,44,45). The van der Waals surface area contributed by atoms with Gasteiger partial charge in [-0.25, -0.2) is 9.59 Å². The summed E-state index contributed by atoms with van der Waals surface area (Å²) < 4.78 is 27.6. The molecule has 2 unspecified atom stereocenters. The van der Waals surface area contributed by atoms with Crippen molar-refractivity contribution in [1.29, 1.82) is 0 Å². The highest BCUT2D eigenvalue weighted by Gasteiger charge is 2.33. The molecule has 0 spiro atoms. The molecular formula is C41H52O12. The summed E-state index contributed by atoms with van der Waals surface area (Å²) in [6.45, 7) is 14.5. The Bertz CT molecular complexity index is 1590. The molecule has 0 bridgehead atoms. The Hall–Kier alpha value is -4.97. The molecule has 0 radical (unpaired) electrons. The van der Waals surface area contributed by atoms with E-state index in [-0.39, 0.29) is 62.8 Å². The van der Waals surface area contributed by atoms with Crippen molar-refractivity contribution >= 4 is 29.8 Å². The fourth-order valence-electron chi connectivity index (χ4n) is 5.88. The molecule has 0 aromatic heterocycles. The van der Waals surface area contributed by atoms with Gasteiger partial charge in [0.25, 0.3) is 0 Å². The fourth-order valence-corrected chi connectivity index (χ4v) is 5.88. The minimum absolute atomic E-state index is 0.0221. The first-order valence-electron chi connectivity index (χ1n) is 17.8. The summed E-state index contributed by atoms with van der Waals surface area (Å²) in [7, 11) is 0. The Morgan fingerprint density at radius 2 is 1.28 bits per heavy atom. The van der Waals surface area contributed by atoms with E-state index in [0.717, 1.165) is 30.4 Å². The SMILES string of the molecule is C=C(C)C(=O)OCC(CC1CC(c2ccc(C(C)(C)c3ccc(OCC(COC(=O)C(=C)C)OC(=O)CCC(=O)O)cc3)cc2)C1)OCCCC(=O)O. The Morgan fingerprint density at radius 1 is 0.755 bits per heavy atom. The third kappa shape index (κ3) is 14.2. The Kier molecular flexibility index (Phi) is 16.3. The van der Waals surface area contributed by atoms with E-state index in [1.54, 1.807) is 6.92 Å². The van der Waals surface area contributed by atoms with Crippen LogP contribution in [0.3, 0.4) is 0 Å². The number of ether oxygens (including phenoxy) is 5. The summed E-state index contributed by atoms with van der Waals surface area (Å²) in [6.07, 6.45) is 1.13. The first-order valence-corrected chi connectivity index (χ1v) is 17.8. The molecule has 0 heterocycles. The number of hydrogen-bond acceptors (Lipinski definition) is 10. The zero-order valence-corrected chi connectivity index (χ0v) is 31.1. The van der Waals surface area contributed by atoms with Gasteiger partial charge in [0.05, 0.1) is 18.9 Å². The summed E-state index contributed by atoms with van der Waals surface area (Å²) in [5, 5.41) is 17.8. The molecule has 0 amide bonds. The number of rotatable bonds is 23. The highest BCUT2D eigenvalue weighted by molar-refractivity contribution is 5.87. The second-order valence-electron chi connectivity index (χ2n) is 14.1. The number of carboxylic acids is 2. The first-order chi connectivity index (χ1) is 25.0. The van der Waals surface area contributed by atoms with E-state index in [4.69, 9.17) is 33.9 Å². The van der Waals surface area contributed by atoms with Crippen LogP contribution in [0.15, 0.2) is 72.8 Å². The average molecular weight is 737 g/mol. The number of hydrogen-bond donors (Lipinski definition) is 2. The van der Waals surface area contributed by atoms with E-state index in [1.165, 1.54) is 12.5 Å². The molecule has 2 aromatic carbocycles. The van der Waals surface area contributed by atoms with Crippen molar-refractivity contribution in [3.8, 4) is 5.75 Å². The Labute approximate surface area is 311 Å². The van der Waals surface area contributed by atoms with Crippen molar-refractivity contribution in [1.82, 2.24) is 0 Å². The molecule has 53 heavy (non-hydrogen) atoms. The highest BCUT2D eigenvalue weighted by atomic mass is 16.6. The predicted octanol–water partition coefficient (Wildman–Crippen LogP) is 6.54. The summed E-state index contributed by atoms with van der Waals surface area (Å²) in [5.41, 5.74) is 3.61. The number of benzene rings is 2. The molecule has 2 aromatic rings. The van der Waals surface area contributed by atoms with Gasteiger partial charge in [-0.1, -0.05) is 63.4 Å². The quantitative estimate of drug-likeness (QED) is 0.0547. The van der Waals surface area contributed by atoms with Crippen LogP contribution in [0.2, 0.25) is 0 Å². The van der Waals surface area contributed by atoms with Gasteiger partial charge in [0.2, 0.25) is 0 Å². The van der Waals surface area contributed by atoms with Gasteiger partial charge in [0, 0.05) is 29.6 Å². The monoisotopic (exact) mass is 736 g/mol. The lowest BCUT2D eigenvalue weighted by Gasteiger charge is -2.38. The molecule has 1 aliphatic carbocycles. The van der Waals surface area contributed by atoms with E-state index in [2.05, 4.69) is 51.3 Å². The van der Waals surface area contributed by atoms with Crippen LogP contribution in [0.1, 0.15) is 95.2 Å². The van der Waals surface area contributed by atoms with Crippen molar-refractivity contribution in [3.05, 3.63) is 89.5 Å². The number of carboxylic acid groups (broad SMARTS) is 2. The van der Waals surface area contributed by atoms with Crippen LogP contribution in [0.4, 0.5) is 0 Å². The van der Waals surface area contributed by atoms with Gasteiger partial charge in [0.1, 0.15) is 25.6 Å².